The fourth-order valence-electron chi connectivity index (χ4n) is 1.40. The third-order valence-electron chi connectivity index (χ3n) is 2.10. The molecule has 78 valence electrons. The number of aliphatic carboxylic acids is 1. The number of carbonyl (C=O) groups is 2. The zero-order valence-corrected chi connectivity index (χ0v) is 8.32. The summed E-state index contributed by atoms with van der Waals surface area (Å²) in [5.41, 5.74) is 0.643. The number of carboxylic acids is 1. The maximum atomic E-state index is 10.9. The summed E-state index contributed by atoms with van der Waals surface area (Å²) < 4.78 is 0. The zero-order valence-electron chi connectivity index (χ0n) is 7.51. The number of hydrogen-bond donors (Lipinski definition) is 2. The molecule has 5 nitrogen and oxygen atoms in total. The Labute approximate surface area is 88.9 Å². The summed E-state index contributed by atoms with van der Waals surface area (Å²) in [6.07, 6.45) is 0.378. The van der Waals surface area contributed by atoms with Gasteiger partial charge in [-0.25, -0.2) is 9.59 Å². The molecule has 0 radical (unpaired) electrons. The first-order valence-electron chi connectivity index (χ1n) is 4.11. The minimum atomic E-state index is -1.14. The summed E-state index contributed by atoms with van der Waals surface area (Å²) in [4.78, 5) is 23.4. The molecule has 6 heteroatoms. The third kappa shape index (κ3) is 1.59. The fraction of sp³-hybridized carbons (Fsp3) is 0.111. The van der Waals surface area contributed by atoms with Crippen LogP contribution in [0, 0.1) is 0 Å². The maximum absolute atomic E-state index is 10.9. The quantitative estimate of drug-likeness (QED) is 0.762. The van der Waals surface area contributed by atoms with Gasteiger partial charge < -0.3 is 10.2 Å². The van der Waals surface area contributed by atoms with E-state index in [4.69, 9.17) is 10.2 Å². The van der Waals surface area contributed by atoms with Gasteiger partial charge in [0.25, 0.3) is 0 Å². The number of thiophene rings is 1. The Bertz CT molecular complexity index is 462. The van der Waals surface area contributed by atoms with Crippen molar-refractivity contribution in [3.63, 3.8) is 0 Å². The molecule has 0 atom stereocenters. The molecule has 0 saturated heterocycles. The van der Waals surface area contributed by atoms with E-state index in [0.717, 1.165) is 4.90 Å². The highest BCUT2D eigenvalue weighted by atomic mass is 32.1. The van der Waals surface area contributed by atoms with Gasteiger partial charge >= 0.3 is 12.1 Å². The van der Waals surface area contributed by atoms with Crippen LogP contribution < -0.4 is 4.90 Å². The molecule has 0 saturated carbocycles. The molecule has 0 unspecified atom stereocenters. The van der Waals surface area contributed by atoms with Crippen molar-refractivity contribution in [3.05, 3.63) is 21.9 Å². The predicted octanol–water partition coefficient (Wildman–Crippen LogP) is 1.71. The molecule has 15 heavy (non-hydrogen) atoms. The van der Waals surface area contributed by atoms with E-state index < -0.39 is 12.1 Å². The Balaban J connectivity index is 2.48. The van der Waals surface area contributed by atoms with Gasteiger partial charge in [0, 0.05) is 0 Å². The minimum Gasteiger partial charge on any atom is -0.478 e. The van der Waals surface area contributed by atoms with Gasteiger partial charge in [-0.1, -0.05) is 0 Å². The molecule has 2 heterocycles. The van der Waals surface area contributed by atoms with Gasteiger partial charge in [0.1, 0.15) is 0 Å². The fourth-order valence-corrected chi connectivity index (χ4v) is 2.26. The lowest BCUT2D eigenvalue weighted by molar-refractivity contribution is -0.132. The van der Waals surface area contributed by atoms with Crippen LogP contribution in [0.15, 0.2) is 17.0 Å². The Kier molecular flexibility index (Phi) is 2.20. The lowest BCUT2D eigenvalue weighted by Gasteiger charge is -2.22. The van der Waals surface area contributed by atoms with Crippen LogP contribution in [-0.2, 0) is 4.79 Å². The summed E-state index contributed by atoms with van der Waals surface area (Å²) in [6.45, 7) is -0.103. The molecule has 1 aliphatic rings. The first-order valence-corrected chi connectivity index (χ1v) is 4.99. The second kappa shape index (κ2) is 3.39. The van der Waals surface area contributed by atoms with Crippen molar-refractivity contribution in [2.24, 2.45) is 0 Å². The molecule has 2 N–H and O–H groups in total. The van der Waals surface area contributed by atoms with Crippen molar-refractivity contribution in [2.45, 2.75) is 0 Å². The molecular weight excluding hydrogens is 218 g/mol. The second-order valence-electron chi connectivity index (χ2n) is 3.01. The van der Waals surface area contributed by atoms with Crippen LogP contribution in [-0.4, -0.2) is 28.8 Å². The van der Waals surface area contributed by atoms with Gasteiger partial charge in [0.15, 0.2) is 0 Å². The maximum Gasteiger partial charge on any atom is 0.412 e. The lowest BCUT2D eigenvalue weighted by atomic mass is 10.1. The SMILES string of the molecule is O=C(O)C1=Cc2sccc2N(C(=O)O)C1. The zero-order chi connectivity index (χ0) is 11.0. The highest BCUT2D eigenvalue weighted by Crippen LogP contribution is 2.33. The Hall–Kier alpha value is -1.82. The van der Waals surface area contributed by atoms with Crippen LogP contribution in [0.25, 0.3) is 6.08 Å². The number of amides is 1. The first kappa shape index (κ1) is 9.72. The topological polar surface area (TPSA) is 77.8 Å². The van der Waals surface area contributed by atoms with Gasteiger partial charge in [-0.15, -0.1) is 11.3 Å². The van der Waals surface area contributed by atoms with Gasteiger partial charge in [0.05, 0.1) is 22.7 Å². The van der Waals surface area contributed by atoms with Crippen LogP contribution in [0.5, 0.6) is 0 Å². The van der Waals surface area contributed by atoms with Crippen LogP contribution in [0.4, 0.5) is 10.5 Å². The summed E-state index contributed by atoms with van der Waals surface area (Å²) >= 11 is 1.32. The highest BCUT2D eigenvalue weighted by molar-refractivity contribution is 7.11. The van der Waals surface area contributed by atoms with E-state index in [1.165, 1.54) is 17.4 Å². The van der Waals surface area contributed by atoms with Gasteiger partial charge in [-0.2, -0.15) is 0 Å². The van der Waals surface area contributed by atoms with E-state index in [1.54, 1.807) is 11.4 Å². The number of hydrogen-bond acceptors (Lipinski definition) is 3. The number of rotatable bonds is 1. The third-order valence-corrected chi connectivity index (χ3v) is 2.96. The van der Waals surface area contributed by atoms with Crippen LogP contribution in [0.1, 0.15) is 4.88 Å². The summed E-state index contributed by atoms with van der Waals surface area (Å²) in [6, 6.07) is 1.67. The second-order valence-corrected chi connectivity index (χ2v) is 3.96. The van der Waals surface area contributed by atoms with Crippen LogP contribution in [0.2, 0.25) is 0 Å². The average molecular weight is 225 g/mol. The number of fused-ring (bicyclic) bond motifs is 1. The Morgan fingerprint density at radius 3 is 2.73 bits per heavy atom. The monoisotopic (exact) mass is 225 g/mol. The number of anilines is 1. The van der Waals surface area contributed by atoms with Crippen LogP contribution in [0.3, 0.4) is 0 Å². The van der Waals surface area contributed by atoms with E-state index in [2.05, 4.69) is 0 Å². The molecule has 0 fully saturated rings. The highest BCUT2D eigenvalue weighted by Gasteiger charge is 2.26. The lowest BCUT2D eigenvalue weighted by Crippen LogP contribution is -2.34. The minimum absolute atomic E-state index is 0.0901. The van der Waals surface area contributed by atoms with Gasteiger partial charge in [-0.3, -0.25) is 4.90 Å². The summed E-state index contributed by atoms with van der Waals surface area (Å²) in [7, 11) is 0. The molecule has 0 aromatic carbocycles. The molecular formula is C9H7NO4S. The van der Waals surface area contributed by atoms with E-state index in [0.29, 0.717) is 10.6 Å². The Morgan fingerprint density at radius 1 is 1.40 bits per heavy atom. The standard InChI is InChI=1S/C9H7NO4S/c11-8(12)5-3-7-6(1-2-15-7)10(4-5)9(13)14/h1-3H,4H2,(H,11,12)(H,13,14). The van der Waals surface area contributed by atoms with E-state index in [-0.39, 0.29) is 12.1 Å². The normalized spacial score (nSPS) is 14.4. The molecule has 0 aliphatic carbocycles. The van der Waals surface area contributed by atoms with Crippen molar-refractivity contribution in [2.75, 3.05) is 11.4 Å². The molecule has 1 aromatic heterocycles. The van der Waals surface area contributed by atoms with Crippen molar-refractivity contribution < 1.29 is 19.8 Å². The molecule has 1 aromatic rings. The molecule has 0 spiro atoms. The number of carboxylic acid groups (broad SMARTS) is 2. The molecule has 2 rings (SSSR count). The van der Waals surface area contributed by atoms with Gasteiger partial charge in [0.2, 0.25) is 0 Å². The van der Waals surface area contributed by atoms with Crippen molar-refractivity contribution in [3.8, 4) is 0 Å². The van der Waals surface area contributed by atoms with Crippen molar-refractivity contribution in [1.82, 2.24) is 0 Å². The van der Waals surface area contributed by atoms with E-state index in [9.17, 15) is 9.59 Å². The largest absolute Gasteiger partial charge is 0.478 e. The molecule has 0 bridgehead atoms. The van der Waals surface area contributed by atoms with Gasteiger partial charge in [-0.05, 0) is 17.5 Å². The van der Waals surface area contributed by atoms with Crippen LogP contribution >= 0.6 is 11.3 Å². The first-order chi connectivity index (χ1) is 7.09. The summed E-state index contributed by atoms with van der Waals surface area (Å²) in [5.74, 6) is -1.08. The predicted molar refractivity (Wildman–Crippen MR) is 55.3 cm³/mol. The van der Waals surface area contributed by atoms with E-state index >= 15 is 0 Å². The Morgan fingerprint density at radius 2 is 2.13 bits per heavy atom. The van der Waals surface area contributed by atoms with Crippen molar-refractivity contribution >= 4 is 35.2 Å². The van der Waals surface area contributed by atoms with E-state index in [1.807, 2.05) is 0 Å². The molecule has 1 amide bonds. The van der Waals surface area contributed by atoms with Crippen molar-refractivity contribution in [1.29, 1.82) is 0 Å². The smallest absolute Gasteiger partial charge is 0.412 e. The molecule has 1 aliphatic heterocycles. The average Bonchev–Trinajstić information content (AvgIpc) is 2.62. The summed E-state index contributed by atoms with van der Waals surface area (Å²) in [5, 5.41) is 19.5. The number of nitrogens with zero attached hydrogens (tertiary/aromatic N) is 1.